The summed E-state index contributed by atoms with van der Waals surface area (Å²) < 4.78 is 22.2. The number of carbonyl (C=O) groups excluding carboxylic acids is 2. The van der Waals surface area contributed by atoms with Gasteiger partial charge >= 0.3 is 5.97 Å². The van der Waals surface area contributed by atoms with Crippen LogP contribution < -0.4 is 14.2 Å². The molecule has 0 saturated heterocycles. The van der Waals surface area contributed by atoms with Gasteiger partial charge in [0.15, 0.2) is 17.3 Å². The van der Waals surface area contributed by atoms with Gasteiger partial charge in [0.2, 0.25) is 5.75 Å². The summed E-state index contributed by atoms with van der Waals surface area (Å²) >= 11 is 0. The number of hydrogen-bond donors (Lipinski definition) is 0. The number of fused-ring (bicyclic) bond motifs is 1. The van der Waals surface area contributed by atoms with Gasteiger partial charge in [-0.2, -0.15) is 0 Å². The molecule has 0 unspecified atom stereocenters. The SMILES string of the molecule is COc1ccc(-c2cccc3c2CCC3=O)c(OCCOC(=O)C(C)C)c1OC. The molecule has 2 aromatic carbocycles. The highest BCUT2D eigenvalue weighted by atomic mass is 16.6. The molecule has 3 rings (SSSR count). The maximum Gasteiger partial charge on any atom is 0.308 e. The minimum absolute atomic E-state index is 0.127. The van der Waals surface area contributed by atoms with E-state index >= 15 is 0 Å². The maximum atomic E-state index is 12.2. The van der Waals surface area contributed by atoms with Crippen molar-refractivity contribution in [3.8, 4) is 28.4 Å². The van der Waals surface area contributed by atoms with Gasteiger partial charge in [-0.3, -0.25) is 9.59 Å². The van der Waals surface area contributed by atoms with E-state index in [4.69, 9.17) is 18.9 Å². The molecule has 0 atom stereocenters. The number of Topliss-reactive ketones (excluding diaryl/α,β-unsaturated/α-hetero) is 1. The van der Waals surface area contributed by atoms with Crippen molar-refractivity contribution < 1.29 is 28.5 Å². The smallest absolute Gasteiger partial charge is 0.308 e. The molecule has 0 fully saturated rings. The second-order valence-corrected chi connectivity index (χ2v) is 7.10. The quantitative estimate of drug-likeness (QED) is 0.493. The minimum atomic E-state index is -0.272. The fraction of sp³-hybridized carbons (Fsp3) is 0.391. The van der Waals surface area contributed by atoms with Gasteiger partial charge in [0.05, 0.1) is 20.1 Å². The van der Waals surface area contributed by atoms with Crippen LogP contribution in [0.25, 0.3) is 11.1 Å². The predicted molar refractivity (Wildman–Crippen MR) is 109 cm³/mol. The molecule has 29 heavy (non-hydrogen) atoms. The second-order valence-electron chi connectivity index (χ2n) is 7.10. The molecular weight excluding hydrogens is 372 g/mol. The number of esters is 1. The Morgan fingerprint density at radius 2 is 1.69 bits per heavy atom. The molecule has 0 radical (unpaired) electrons. The van der Waals surface area contributed by atoms with E-state index in [0.717, 1.165) is 22.3 Å². The van der Waals surface area contributed by atoms with Crippen LogP contribution in [0.2, 0.25) is 0 Å². The molecule has 0 N–H and O–H groups in total. The molecule has 6 heteroatoms. The van der Waals surface area contributed by atoms with Crippen molar-refractivity contribution in [2.75, 3.05) is 27.4 Å². The van der Waals surface area contributed by atoms with E-state index in [1.165, 1.54) is 0 Å². The molecule has 2 aromatic rings. The van der Waals surface area contributed by atoms with Gasteiger partial charge < -0.3 is 18.9 Å². The molecule has 0 spiro atoms. The molecule has 0 aliphatic heterocycles. The zero-order valence-electron chi connectivity index (χ0n) is 17.2. The molecule has 1 aliphatic rings. The zero-order valence-corrected chi connectivity index (χ0v) is 17.2. The lowest BCUT2D eigenvalue weighted by molar-refractivity contribution is -0.148. The standard InChI is InChI=1S/C23H26O6/c1-14(2)23(25)29-13-12-28-21-18(9-11-20(26-3)22(21)27-4)15-6-5-7-17-16(15)8-10-19(17)24/h5-7,9,11,14H,8,10,12-13H2,1-4H3. The molecular formula is C23H26O6. The van der Waals surface area contributed by atoms with Crippen LogP contribution in [0.3, 0.4) is 0 Å². The highest BCUT2D eigenvalue weighted by Gasteiger charge is 2.26. The van der Waals surface area contributed by atoms with Crippen molar-refractivity contribution in [1.29, 1.82) is 0 Å². The molecule has 0 aromatic heterocycles. The van der Waals surface area contributed by atoms with Crippen molar-refractivity contribution in [3.05, 3.63) is 41.5 Å². The van der Waals surface area contributed by atoms with Crippen molar-refractivity contribution >= 4 is 11.8 Å². The van der Waals surface area contributed by atoms with Crippen LogP contribution in [0.1, 0.15) is 36.2 Å². The van der Waals surface area contributed by atoms with E-state index < -0.39 is 0 Å². The number of methoxy groups -OCH3 is 2. The summed E-state index contributed by atoms with van der Waals surface area (Å²) in [7, 11) is 3.11. The van der Waals surface area contributed by atoms with E-state index in [1.807, 2.05) is 30.3 Å². The van der Waals surface area contributed by atoms with E-state index in [2.05, 4.69) is 0 Å². The number of carbonyl (C=O) groups is 2. The van der Waals surface area contributed by atoms with Crippen LogP contribution in [0.4, 0.5) is 0 Å². The van der Waals surface area contributed by atoms with Gasteiger partial charge in [0.25, 0.3) is 0 Å². The fourth-order valence-corrected chi connectivity index (χ4v) is 3.45. The van der Waals surface area contributed by atoms with Crippen LogP contribution in [-0.4, -0.2) is 39.2 Å². The Morgan fingerprint density at radius 1 is 0.931 bits per heavy atom. The topological polar surface area (TPSA) is 71.1 Å². The van der Waals surface area contributed by atoms with Gasteiger partial charge in [-0.05, 0) is 29.7 Å². The van der Waals surface area contributed by atoms with Crippen molar-refractivity contribution in [2.45, 2.75) is 26.7 Å². The minimum Gasteiger partial charge on any atom is -0.493 e. The third kappa shape index (κ3) is 4.21. The third-order valence-electron chi connectivity index (χ3n) is 4.91. The number of ketones is 1. The largest absolute Gasteiger partial charge is 0.493 e. The predicted octanol–water partition coefficient (Wildman–Crippen LogP) is 4.08. The number of hydrogen-bond acceptors (Lipinski definition) is 6. The normalized spacial score (nSPS) is 12.7. The monoisotopic (exact) mass is 398 g/mol. The molecule has 0 heterocycles. The summed E-state index contributed by atoms with van der Waals surface area (Å²) in [4.78, 5) is 23.8. The van der Waals surface area contributed by atoms with Crippen LogP contribution in [0, 0.1) is 5.92 Å². The maximum absolute atomic E-state index is 12.2. The number of ether oxygens (including phenoxy) is 4. The van der Waals surface area contributed by atoms with Gasteiger partial charge in [0.1, 0.15) is 13.2 Å². The van der Waals surface area contributed by atoms with Gasteiger partial charge in [-0.1, -0.05) is 32.0 Å². The number of benzene rings is 2. The van der Waals surface area contributed by atoms with E-state index in [9.17, 15) is 9.59 Å². The molecule has 0 amide bonds. The summed E-state index contributed by atoms with van der Waals surface area (Å²) in [5, 5.41) is 0. The van der Waals surface area contributed by atoms with Crippen LogP contribution >= 0.6 is 0 Å². The first-order valence-electron chi connectivity index (χ1n) is 9.67. The van der Waals surface area contributed by atoms with Crippen LogP contribution in [0.5, 0.6) is 17.2 Å². The first kappa shape index (κ1) is 20.7. The van der Waals surface area contributed by atoms with Gasteiger partial charge in [-0.15, -0.1) is 0 Å². The fourth-order valence-electron chi connectivity index (χ4n) is 3.45. The first-order valence-corrected chi connectivity index (χ1v) is 9.67. The lowest BCUT2D eigenvalue weighted by Crippen LogP contribution is -2.16. The summed E-state index contributed by atoms with van der Waals surface area (Å²) in [5.41, 5.74) is 3.52. The van der Waals surface area contributed by atoms with Gasteiger partial charge in [0, 0.05) is 17.5 Å². The Bertz CT molecular complexity index is 916. The molecule has 0 saturated carbocycles. The molecule has 154 valence electrons. The molecule has 0 bridgehead atoms. The molecule has 1 aliphatic carbocycles. The molecule has 6 nitrogen and oxygen atoms in total. The lowest BCUT2D eigenvalue weighted by Gasteiger charge is -2.19. The summed E-state index contributed by atoms with van der Waals surface area (Å²) in [6, 6.07) is 9.43. The van der Waals surface area contributed by atoms with E-state index in [-0.39, 0.29) is 30.9 Å². The Balaban J connectivity index is 1.96. The third-order valence-corrected chi connectivity index (χ3v) is 4.91. The number of rotatable bonds is 8. The zero-order chi connectivity index (χ0) is 21.0. The lowest BCUT2D eigenvalue weighted by atomic mass is 9.95. The Labute approximate surface area is 170 Å². The van der Waals surface area contributed by atoms with Crippen molar-refractivity contribution in [2.24, 2.45) is 5.92 Å². The average molecular weight is 398 g/mol. The highest BCUT2D eigenvalue weighted by Crippen LogP contribution is 2.46. The van der Waals surface area contributed by atoms with Crippen LogP contribution in [-0.2, 0) is 16.0 Å². The second kappa shape index (κ2) is 8.99. The summed E-state index contributed by atoms with van der Waals surface area (Å²) in [5.74, 6) is 1.19. The van der Waals surface area contributed by atoms with Crippen LogP contribution in [0.15, 0.2) is 30.3 Å². The highest BCUT2D eigenvalue weighted by molar-refractivity contribution is 6.02. The van der Waals surface area contributed by atoms with Gasteiger partial charge in [-0.25, -0.2) is 0 Å². The van der Waals surface area contributed by atoms with Crippen molar-refractivity contribution in [1.82, 2.24) is 0 Å². The Kier molecular flexibility index (Phi) is 6.42. The van der Waals surface area contributed by atoms with Crippen molar-refractivity contribution in [3.63, 3.8) is 0 Å². The van der Waals surface area contributed by atoms with E-state index in [1.54, 1.807) is 28.1 Å². The summed E-state index contributed by atoms with van der Waals surface area (Å²) in [6.07, 6.45) is 1.21. The average Bonchev–Trinajstić information content (AvgIpc) is 3.11. The first-order chi connectivity index (χ1) is 14.0. The Hall–Kier alpha value is -3.02. The summed E-state index contributed by atoms with van der Waals surface area (Å²) in [6.45, 7) is 3.86. The van der Waals surface area contributed by atoms with E-state index in [0.29, 0.717) is 30.1 Å². The Morgan fingerprint density at radius 3 is 2.38 bits per heavy atom.